The zero-order valence-corrected chi connectivity index (χ0v) is 12.7. The first-order valence-electron chi connectivity index (χ1n) is 6.73. The molecule has 1 aliphatic rings. The normalized spacial score (nSPS) is 15.0. The molecule has 7 nitrogen and oxygen atoms in total. The summed E-state index contributed by atoms with van der Waals surface area (Å²) in [7, 11) is -3.68. The van der Waals surface area contributed by atoms with Gasteiger partial charge in [-0.1, -0.05) is 0 Å². The first-order valence-corrected chi connectivity index (χ1v) is 8.21. The summed E-state index contributed by atoms with van der Waals surface area (Å²) in [6.07, 6.45) is 3.98. The fourth-order valence-corrected chi connectivity index (χ4v) is 3.51. The Bertz CT molecular complexity index is 728. The van der Waals surface area contributed by atoms with Gasteiger partial charge in [0.15, 0.2) is 0 Å². The maximum Gasteiger partial charge on any atom is 0.266 e. The summed E-state index contributed by atoms with van der Waals surface area (Å²) in [5, 5.41) is 9.87. The van der Waals surface area contributed by atoms with E-state index in [1.54, 1.807) is 26.1 Å². The molecule has 112 valence electrons. The number of sulfonamides is 1. The maximum atomic E-state index is 12.4. The van der Waals surface area contributed by atoms with E-state index in [1.165, 1.54) is 12.8 Å². The lowest BCUT2D eigenvalue weighted by Gasteiger charge is -2.09. The van der Waals surface area contributed by atoms with Gasteiger partial charge >= 0.3 is 0 Å². The van der Waals surface area contributed by atoms with E-state index in [4.69, 9.17) is 0 Å². The second-order valence-corrected chi connectivity index (χ2v) is 6.84. The molecule has 0 spiro atoms. The molecule has 0 aliphatic heterocycles. The Hall–Kier alpha value is -2.09. The monoisotopic (exact) mass is 307 g/mol. The van der Waals surface area contributed by atoms with Gasteiger partial charge in [0, 0.05) is 6.04 Å². The summed E-state index contributed by atoms with van der Waals surface area (Å²) < 4.78 is 27.2. The average molecular weight is 307 g/mol. The van der Waals surface area contributed by atoms with Crippen LogP contribution in [0.1, 0.15) is 24.2 Å². The van der Waals surface area contributed by atoms with Crippen molar-refractivity contribution in [3.63, 3.8) is 0 Å². The van der Waals surface area contributed by atoms with Gasteiger partial charge in [0.25, 0.3) is 10.0 Å². The number of hydrogen-bond acceptors (Lipinski definition) is 5. The molecule has 2 aromatic heterocycles. The van der Waals surface area contributed by atoms with E-state index in [9.17, 15) is 8.42 Å². The molecule has 0 unspecified atom stereocenters. The van der Waals surface area contributed by atoms with Crippen molar-refractivity contribution in [2.24, 2.45) is 0 Å². The maximum absolute atomic E-state index is 12.4. The lowest BCUT2D eigenvalue weighted by atomic mass is 10.4. The van der Waals surface area contributed by atoms with E-state index in [1.807, 2.05) is 6.07 Å². The highest BCUT2D eigenvalue weighted by molar-refractivity contribution is 7.92. The fraction of sp³-hybridized carbons (Fsp3) is 0.385. The molecule has 2 heterocycles. The number of aromatic amines is 1. The predicted molar refractivity (Wildman–Crippen MR) is 79.8 cm³/mol. The highest BCUT2D eigenvalue weighted by Gasteiger charge is 2.23. The van der Waals surface area contributed by atoms with Crippen molar-refractivity contribution < 1.29 is 8.42 Å². The second-order valence-electron chi connectivity index (χ2n) is 5.22. The molecule has 1 saturated carbocycles. The first-order chi connectivity index (χ1) is 9.95. The van der Waals surface area contributed by atoms with Gasteiger partial charge < -0.3 is 5.32 Å². The minimum atomic E-state index is -3.68. The van der Waals surface area contributed by atoms with Crippen LogP contribution in [0.2, 0.25) is 0 Å². The van der Waals surface area contributed by atoms with E-state index in [2.05, 4.69) is 25.2 Å². The van der Waals surface area contributed by atoms with Crippen LogP contribution in [0, 0.1) is 13.8 Å². The Kier molecular flexibility index (Phi) is 3.32. The molecule has 0 amide bonds. The molecule has 3 rings (SSSR count). The van der Waals surface area contributed by atoms with Gasteiger partial charge in [0.2, 0.25) is 0 Å². The quantitative estimate of drug-likeness (QED) is 0.782. The summed E-state index contributed by atoms with van der Waals surface area (Å²) in [5.74, 6) is 0.288. The summed E-state index contributed by atoms with van der Waals surface area (Å²) in [6, 6.07) is 4.00. The highest BCUT2D eigenvalue weighted by Crippen LogP contribution is 2.25. The van der Waals surface area contributed by atoms with Gasteiger partial charge in [-0.05, 0) is 38.8 Å². The number of pyridine rings is 1. The van der Waals surface area contributed by atoms with Crippen LogP contribution in [0.4, 0.5) is 11.5 Å². The third-order valence-electron chi connectivity index (χ3n) is 3.28. The summed E-state index contributed by atoms with van der Waals surface area (Å²) in [4.78, 5) is 4.30. The molecule has 0 aromatic carbocycles. The number of aromatic nitrogens is 3. The van der Waals surface area contributed by atoms with Crippen molar-refractivity contribution in [2.75, 3.05) is 10.0 Å². The lowest BCUT2D eigenvalue weighted by molar-refractivity contribution is 0.600. The smallest absolute Gasteiger partial charge is 0.266 e. The lowest BCUT2D eigenvalue weighted by Crippen LogP contribution is -2.15. The van der Waals surface area contributed by atoms with Crippen LogP contribution in [0.3, 0.4) is 0 Å². The third kappa shape index (κ3) is 2.99. The molecule has 0 atom stereocenters. The van der Waals surface area contributed by atoms with Crippen LogP contribution in [-0.2, 0) is 10.0 Å². The van der Waals surface area contributed by atoms with Crippen LogP contribution < -0.4 is 10.0 Å². The average Bonchev–Trinajstić information content (AvgIpc) is 3.16. The van der Waals surface area contributed by atoms with Crippen molar-refractivity contribution in [1.82, 2.24) is 15.2 Å². The topological polar surface area (TPSA) is 99.8 Å². The molecule has 2 aromatic rings. The molecule has 0 saturated heterocycles. The van der Waals surface area contributed by atoms with Crippen molar-refractivity contribution in [1.29, 1.82) is 0 Å². The highest BCUT2D eigenvalue weighted by atomic mass is 32.2. The molecular weight excluding hydrogens is 290 g/mol. The van der Waals surface area contributed by atoms with Gasteiger partial charge in [-0.15, -0.1) is 0 Å². The minimum Gasteiger partial charge on any atom is -0.381 e. The number of aryl methyl sites for hydroxylation is 2. The van der Waals surface area contributed by atoms with Crippen molar-refractivity contribution in [3.05, 3.63) is 29.7 Å². The molecule has 8 heteroatoms. The van der Waals surface area contributed by atoms with Crippen LogP contribution in [0.5, 0.6) is 0 Å². The van der Waals surface area contributed by atoms with E-state index in [0.29, 0.717) is 17.4 Å². The first kappa shape index (κ1) is 13.9. The SMILES string of the molecule is Cc1n[nH]c(C)c1S(=O)(=O)Nc1ccc(NC2CC2)cn1. The zero-order chi connectivity index (χ0) is 15.0. The minimum absolute atomic E-state index is 0.171. The van der Waals surface area contributed by atoms with E-state index >= 15 is 0 Å². The number of nitrogens with one attached hydrogen (secondary N) is 3. The fourth-order valence-electron chi connectivity index (χ4n) is 2.13. The molecule has 1 aliphatic carbocycles. The Morgan fingerprint density at radius 2 is 2.05 bits per heavy atom. The molecule has 3 N–H and O–H groups in total. The Morgan fingerprint density at radius 1 is 1.29 bits per heavy atom. The van der Waals surface area contributed by atoms with Crippen molar-refractivity contribution >= 4 is 21.5 Å². The van der Waals surface area contributed by atoms with Gasteiger partial charge in [-0.25, -0.2) is 13.4 Å². The van der Waals surface area contributed by atoms with Gasteiger partial charge in [0.05, 0.1) is 23.3 Å². The summed E-state index contributed by atoms with van der Waals surface area (Å²) in [6.45, 7) is 3.32. The van der Waals surface area contributed by atoms with E-state index < -0.39 is 10.0 Å². The molecule has 0 radical (unpaired) electrons. The number of hydrogen-bond donors (Lipinski definition) is 3. The molecule has 1 fully saturated rings. The predicted octanol–water partition coefficient (Wildman–Crippen LogP) is 1.80. The Labute approximate surface area is 123 Å². The summed E-state index contributed by atoms with van der Waals surface area (Å²) >= 11 is 0. The number of H-pyrrole nitrogens is 1. The van der Waals surface area contributed by atoms with Gasteiger partial charge in [0.1, 0.15) is 10.7 Å². The number of anilines is 2. The van der Waals surface area contributed by atoms with Crippen LogP contribution >= 0.6 is 0 Å². The third-order valence-corrected chi connectivity index (χ3v) is 4.90. The van der Waals surface area contributed by atoms with Gasteiger partial charge in [-0.3, -0.25) is 9.82 Å². The van der Waals surface area contributed by atoms with Crippen LogP contribution in [0.15, 0.2) is 23.2 Å². The molecular formula is C13H17N5O2S. The standard InChI is InChI=1S/C13H17N5O2S/c1-8-13(9(2)17-16-8)21(19,20)18-12-6-5-11(7-14-12)15-10-3-4-10/h5-7,10,15H,3-4H2,1-2H3,(H,14,18)(H,16,17). The van der Waals surface area contributed by atoms with Crippen molar-refractivity contribution in [3.8, 4) is 0 Å². The molecule has 21 heavy (non-hydrogen) atoms. The van der Waals surface area contributed by atoms with E-state index in [0.717, 1.165) is 5.69 Å². The number of nitrogens with zero attached hydrogens (tertiary/aromatic N) is 2. The van der Waals surface area contributed by atoms with Crippen LogP contribution in [0.25, 0.3) is 0 Å². The van der Waals surface area contributed by atoms with Gasteiger partial charge in [-0.2, -0.15) is 5.10 Å². The van der Waals surface area contributed by atoms with Crippen molar-refractivity contribution in [2.45, 2.75) is 37.6 Å². The largest absolute Gasteiger partial charge is 0.381 e. The second kappa shape index (κ2) is 5.03. The summed E-state index contributed by atoms with van der Waals surface area (Å²) in [5.41, 5.74) is 1.84. The Morgan fingerprint density at radius 3 is 2.57 bits per heavy atom. The van der Waals surface area contributed by atoms with E-state index in [-0.39, 0.29) is 10.7 Å². The molecule has 0 bridgehead atoms. The van der Waals surface area contributed by atoms with Crippen LogP contribution in [-0.4, -0.2) is 29.6 Å². The Balaban J connectivity index is 1.78. The number of rotatable bonds is 5. The zero-order valence-electron chi connectivity index (χ0n) is 11.8.